The molecule has 0 amide bonds. The summed E-state index contributed by atoms with van der Waals surface area (Å²) in [6.07, 6.45) is 23.9. The number of ether oxygens (including phenoxy) is 8. The molecule has 4 aliphatic heterocycles. The predicted molar refractivity (Wildman–Crippen MR) is 235 cm³/mol. The topological polar surface area (TPSA) is 169 Å². The summed E-state index contributed by atoms with van der Waals surface area (Å²) in [6, 6.07) is 0. The number of fused-ring (bicyclic) bond motifs is 6. The standard InChI is InChI=1S/C49H74O13/c1-33-24-22-20-18-16-14-12-10-11-13-15-17-19-21-23-25-41-44(46(54)55-8)40(51)32-49(56-9,62-41)31-38-29-42(61-48(6,7)60-38)39(50)27-26-36-28-37(59-47(4,5)58-36)30-43(52)57-35(3)34(2)45(33)53/h10-18,20-24,33-42,44-45,50-51,53H,19,25-32H2,1-9H3/b12-10+,13-11+,16-14+,17-15+,20-18+,23-21+,24-22+/t33-,34-,35-,36+,37+,38-,39+,40-,41-,42+,44+,45+,49+/m0/s1. The van der Waals surface area contributed by atoms with Crippen LogP contribution in [0.1, 0.15) is 106 Å². The minimum absolute atomic E-state index is 0.00980. The van der Waals surface area contributed by atoms with Crippen molar-refractivity contribution in [2.45, 2.75) is 179 Å². The van der Waals surface area contributed by atoms with Crippen LogP contribution in [0.5, 0.6) is 0 Å². The van der Waals surface area contributed by atoms with Gasteiger partial charge in [-0.25, -0.2) is 0 Å². The highest BCUT2D eigenvalue weighted by molar-refractivity contribution is 5.74. The minimum atomic E-state index is -1.29. The molecule has 62 heavy (non-hydrogen) atoms. The van der Waals surface area contributed by atoms with E-state index in [0.29, 0.717) is 38.5 Å². The minimum Gasteiger partial charge on any atom is -0.469 e. The summed E-state index contributed by atoms with van der Waals surface area (Å²) in [5.74, 6) is -5.71. The molecule has 0 saturated carbocycles. The van der Waals surface area contributed by atoms with Crippen LogP contribution in [0.2, 0.25) is 0 Å². The second-order valence-corrected chi connectivity index (χ2v) is 18.0. The Bertz CT molecular complexity index is 1630. The summed E-state index contributed by atoms with van der Waals surface area (Å²) >= 11 is 0. The van der Waals surface area contributed by atoms with Crippen molar-refractivity contribution in [3.8, 4) is 0 Å². The summed E-state index contributed by atoms with van der Waals surface area (Å²) in [4.78, 5) is 26.1. The lowest BCUT2D eigenvalue weighted by Crippen LogP contribution is -2.58. The lowest BCUT2D eigenvalue weighted by atomic mass is 9.83. The molecule has 13 atom stereocenters. The number of hydrogen-bond acceptors (Lipinski definition) is 13. The van der Waals surface area contributed by atoms with E-state index in [9.17, 15) is 24.9 Å². The number of carbonyl (C=O) groups excluding carboxylic acids is 2. The molecular formula is C49H74O13. The third kappa shape index (κ3) is 16.1. The van der Waals surface area contributed by atoms with Crippen molar-refractivity contribution in [1.82, 2.24) is 0 Å². The summed E-state index contributed by atoms with van der Waals surface area (Å²) in [7, 11) is 2.81. The van der Waals surface area contributed by atoms with E-state index in [1.54, 1.807) is 34.6 Å². The van der Waals surface area contributed by atoms with Gasteiger partial charge in [-0.3, -0.25) is 9.59 Å². The van der Waals surface area contributed by atoms with E-state index in [0.717, 1.165) is 0 Å². The SMILES string of the molecule is COC(=O)[C@H]1[C@@H]2C/C=C/C/C=C/C=C/C=C/C=C/C=C/C=C/[C@H](C)[C@@H](O)[C@@H](C)[C@H](C)OC(=O)C[C@H]3C[C@@H](CC[C@@H](O)[C@H]4C[C@@H](C[C@](OC)(C[C@@H]1O)O2)OC(C)(C)O4)OC(C)(C)O3. The Morgan fingerprint density at radius 1 is 0.677 bits per heavy atom. The van der Waals surface area contributed by atoms with Crippen LogP contribution in [0.15, 0.2) is 85.1 Å². The second kappa shape index (κ2) is 24.2. The van der Waals surface area contributed by atoms with Crippen molar-refractivity contribution in [1.29, 1.82) is 0 Å². The van der Waals surface area contributed by atoms with Crippen molar-refractivity contribution in [3.63, 3.8) is 0 Å². The molecule has 348 valence electrons. The van der Waals surface area contributed by atoms with Gasteiger partial charge in [0.25, 0.3) is 0 Å². The highest BCUT2D eigenvalue weighted by atomic mass is 16.7. The molecule has 13 nitrogen and oxygen atoms in total. The maximum Gasteiger partial charge on any atom is 0.313 e. The maximum atomic E-state index is 13.2. The molecule has 0 aromatic carbocycles. The highest BCUT2D eigenvalue weighted by Crippen LogP contribution is 2.42. The van der Waals surface area contributed by atoms with Gasteiger partial charge in [0.15, 0.2) is 17.4 Å². The molecule has 0 unspecified atom stereocenters. The van der Waals surface area contributed by atoms with Crippen molar-refractivity contribution in [3.05, 3.63) is 85.1 Å². The van der Waals surface area contributed by atoms with Crippen molar-refractivity contribution in [2.24, 2.45) is 17.8 Å². The third-order valence-electron chi connectivity index (χ3n) is 12.0. The van der Waals surface area contributed by atoms with Gasteiger partial charge in [-0.2, -0.15) is 0 Å². The first-order valence-corrected chi connectivity index (χ1v) is 22.3. The van der Waals surface area contributed by atoms with Gasteiger partial charge in [-0.15, -0.1) is 0 Å². The molecule has 4 heterocycles. The van der Waals surface area contributed by atoms with Gasteiger partial charge in [0, 0.05) is 44.6 Å². The predicted octanol–water partition coefficient (Wildman–Crippen LogP) is 7.26. The van der Waals surface area contributed by atoms with Crippen LogP contribution in [0.3, 0.4) is 0 Å². The molecule has 4 aliphatic rings. The maximum absolute atomic E-state index is 13.2. The zero-order valence-electron chi connectivity index (χ0n) is 38.3. The van der Waals surface area contributed by atoms with Crippen molar-refractivity contribution >= 4 is 11.9 Å². The number of rotatable bonds is 2. The number of carbonyl (C=O) groups is 2. The Morgan fingerprint density at radius 2 is 1.29 bits per heavy atom. The van der Waals surface area contributed by atoms with Crippen LogP contribution in [0.25, 0.3) is 0 Å². The molecule has 0 radical (unpaired) electrons. The molecule has 0 aromatic rings. The van der Waals surface area contributed by atoms with E-state index in [2.05, 4.69) is 0 Å². The molecule has 6 bridgehead atoms. The van der Waals surface area contributed by atoms with Crippen LogP contribution in [0, 0.1) is 17.8 Å². The molecule has 4 rings (SSSR count). The van der Waals surface area contributed by atoms with Crippen LogP contribution in [0.4, 0.5) is 0 Å². The van der Waals surface area contributed by atoms with Crippen LogP contribution < -0.4 is 0 Å². The number of aliphatic hydroxyl groups is 3. The Morgan fingerprint density at radius 3 is 1.95 bits per heavy atom. The molecule has 0 aromatic heterocycles. The van der Waals surface area contributed by atoms with E-state index in [-0.39, 0.29) is 37.2 Å². The lowest BCUT2D eigenvalue weighted by molar-refractivity contribution is -0.347. The average molecular weight is 871 g/mol. The van der Waals surface area contributed by atoms with Gasteiger partial charge in [0.1, 0.15) is 12.0 Å². The third-order valence-corrected chi connectivity index (χ3v) is 12.0. The molecular weight excluding hydrogens is 797 g/mol. The van der Waals surface area contributed by atoms with Gasteiger partial charge in [0.2, 0.25) is 0 Å². The average Bonchev–Trinajstić information content (AvgIpc) is 3.19. The Labute approximate surface area is 369 Å². The Kier molecular flexibility index (Phi) is 20.0. The number of cyclic esters (lactones) is 1. The normalized spacial score (nSPS) is 41.8. The van der Waals surface area contributed by atoms with Gasteiger partial charge >= 0.3 is 11.9 Å². The Hall–Kier alpha value is -3.24. The first-order chi connectivity index (χ1) is 29.4. The van der Waals surface area contributed by atoms with E-state index in [4.69, 9.17) is 37.9 Å². The molecule has 0 aliphatic carbocycles. The molecule has 13 heteroatoms. The summed E-state index contributed by atoms with van der Waals surface area (Å²) in [5, 5.41) is 34.1. The molecule has 3 N–H and O–H groups in total. The summed E-state index contributed by atoms with van der Waals surface area (Å²) in [5.41, 5.74) is 0. The number of aliphatic hydroxyl groups excluding tert-OH is 3. The van der Waals surface area contributed by atoms with E-state index >= 15 is 0 Å². The highest BCUT2D eigenvalue weighted by Gasteiger charge is 2.52. The van der Waals surface area contributed by atoms with Gasteiger partial charge in [-0.05, 0) is 60.3 Å². The zero-order chi connectivity index (χ0) is 45.5. The van der Waals surface area contributed by atoms with Gasteiger partial charge < -0.3 is 53.2 Å². The first kappa shape index (κ1) is 51.4. The van der Waals surface area contributed by atoms with Crippen molar-refractivity contribution in [2.75, 3.05) is 14.2 Å². The molecule has 3 fully saturated rings. The number of esters is 2. The lowest BCUT2D eigenvalue weighted by Gasteiger charge is -2.49. The Balaban J connectivity index is 1.53. The fourth-order valence-electron chi connectivity index (χ4n) is 8.73. The summed E-state index contributed by atoms with van der Waals surface area (Å²) in [6.45, 7) is 12.8. The van der Waals surface area contributed by atoms with Crippen LogP contribution in [-0.2, 0) is 47.5 Å². The number of allylic oxidation sites excluding steroid dienone is 12. The monoisotopic (exact) mass is 871 g/mol. The first-order valence-electron chi connectivity index (χ1n) is 22.3. The largest absolute Gasteiger partial charge is 0.469 e. The van der Waals surface area contributed by atoms with Gasteiger partial charge in [-0.1, -0.05) is 98.9 Å². The zero-order valence-corrected chi connectivity index (χ0v) is 38.3. The second-order valence-electron chi connectivity index (χ2n) is 18.0. The van der Waals surface area contributed by atoms with Crippen molar-refractivity contribution < 1.29 is 62.8 Å². The summed E-state index contributed by atoms with van der Waals surface area (Å²) < 4.78 is 48.6. The van der Waals surface area contributed by atoms with E-state index in [1.807, 2.05) is 98.9 Å². The molecule has 3 saturated heterocycles. The quantitative estimate of drug-likeness (QED) is 0.188. The smallest absolute Gasteiger partial charge is 0.313 e. The van der Waals surface area contributed by atoms with Crippen LogP contribution in [-0.4, -0.2) is 114 Å². The fraction of sp³-hybridized carbons (Fsp3) is 0.673. The molecule has 0 spiro atoms. The van der Waals surface area contributed by atoms with Crippen LogP contribution >= 0.6 is 0 Å². The fourth-order valence-corrected chi connectivity index (χ4v) is 8.73. The van der Waals surface area contributed by atoms with E-state index < -0.39 is 84.0 Å². The van der Waals surface area contributed by atoms with Gasteiger partial charge in [0.05, 0.1) is 62.4 Å². The number of hydrogen-bond donors (Lipinski definition) is 3. The number of methoxy groups -OCH3 is 2. The van der Waals surface area contributed by atoms with E-state index in [1.165, 1.54) is 14.2 Å².